The number of fused-ring (bicyclic) bond motifs is 2. The number of likely N-dealkylation sites (tertiary alicyclic amines) is 1. The van der Waals surface area contributed by atoms with Gasteiger partial charge in [0.25, 0.3) is 12.0 Å². The molecule has 48 heavy (non-hydrogen) atoms. The maximum Gasteiger partial charge on any atom is 0.326 e. The van der Waals surface area contributed by atoms with Crippen LogP contribution < -0.4 is 15.1 Å². The number of hydrogen-bond acceptors (Lipinski definition) is 9. The van der Waals surface area contributed by atoms with Crippen LogP contribution in [0.2, 0.25) is 0 Å². The Morgan fingerprint density at radius 1 is 0.750 bits per heavy atom. The standard InChI is InChI=1S/C24H36N4O2.C13H14N2O3/c1-18-10-9-11-19(2)27(18)16-8-6-15-25-23(29)21-13-5-7-17-28(21)24-26-20-12-3-4-14-22(20)30-24;16-12(17)10-6-3-4-8-15(10)13-14-9-5-1-2-7-11(9)18-13/h3-4,12,14,18-19,21H,5-11,13,15-17H2,1-2H3,(H,25,29);1-2,5,7,10H,3-4,6,8H2,(H,16,17)/t18-,19+,21-;10-/m00/s1. The van der Waals surface area contributed by atoms with Crippen LogP contribution in [-0.2, 0) is 9.59 Å². The zero-order valence-electron chi connectivity index (χ0n) is 28.4. The van der Waals surface area contributed by atoms with Crippen molar-refractivity contribution in [1.82, 2.24) is 20.2 Å². The Bertz CT molecular complexity index is 1580. The zero-order chi connectivity index (χ0) is 33.5. The van der Waals surface area contributed by atoms with Crippen molar-refractivity contribution in [2.24, 2.45) is 0 Å². The molecule has 0 saturated carbocycles. The summed E-state index contributed by atoms with van der Waals surface area (Å²) < 4.78 is 11.6. The third-order valence-corrected chi connectivity index (χ3v) is 10.2. The van der Waals surface area contributed by atoms with Crippen molar-refractivity contribution in [2.45, 2.75) is 109 Å². The molecule has 3 aliphatic rings. The summed E-state index contributed by atoms with van der Waals surface area (Å²) in [6, 6.07) is 16.9. The lowest BCUT2D eigenvalue weighted by Crippen LogP contribution is -2.50. The summed E-state index contributed by atoms with van der Waals surface area (Å²) >= 11 is 0. The van der Waals surface area contributed by atoms with Crippen LogP contribution in [0.5, 0.6) is 0 Å². The molecule has 5 heterocycles. The second-order valence-electron chi connectivity index (χ2n) is 13.5. The molecule has 0 aliphatic carbocycles. The number of para-hydroxylation sites is 4. The highest BCUT2D eigenvalue weighted by molar-refractivity contribution is 5.85. The SMILES string of the molecule is C[C@@H]1CCC[C@H](C)N1CCCCNC(=O)[C@@H]1CCCCN1c1nc2ccccc2o1.O=C(O)[C@@H]1CCCCN1c1nc2ccccc2o1. The number of carbonyl (C=O) groups excluding carboxylic acids is 1. The van der Waals surface area contributed by atoms with E-state index in [1.54, 1.807) is 4.90 Å². The van der Waals surface area contributed by atoms with Gasteiger partial charge < -0.3 is 29.1 Å². The van der Waals surface area contributed by atoms with Crippen LogP contribution in [0.1, 0.15) is 84.5 Å². The van der Waals surface area contributed by atoms with E-state index in [2.05, 4.69) is 38.9 Å². The summed E-state index contributed by atoms with van der Waals surface area (Å²) in [7, 11) is 0. The number of unbranched alkanes of at least 4 members (excludes halogenated alkanes) is 1. The van der Waals surface area contributed by atoms with E-state index in [0.29, 0.717) is 42.7 Å². The number of anilines is 2. The number of rotatable bonds is 9. The van der Waals surface area contributed by atoms with E-state index < -0.39 is 12.0 Å². The molecule has 0 unspecified atom stereocenters. The van der Waals surface area contributed by atoms with E-state index in [4.69, 9.17) is 8.83 Å². The Labute approximate surface area is 282 Å². The van der Waals surface area contributed by atoms with Crippen LogP contribution in [0.25, 0.3) is 22.2 Å². The van der Waals surface area contributed by atoms with Gasteiger partial charge in [0.2, 0.25) is 5.91 Å². The predicted molar refractivity (Wildman–Crippen MR) is 187 cm³/mol. The largest absolute Gasteiger partial charge is 0.480 e. The average molecular weight is 659 g/mol. The highest BCUT2D eigenvalue weighted by atomic mass is 16.4. The molecule has 0 bridgehead atoms. The number of oxazole rings is 2. The lowest BCUT2D eigenvalue weighted by atomic mass is 9.97. The van der Waals surface area contributed by atoms with E-state index >= 15 is 0 Å². The van der Waals surface area contributed by atoms with E-state index in [0.717, 1.165) is 81.2 Å². The molecule has 2 aromatic carbocycles. The van der Waals surface area contributed by atoms with Gasteiger partial charge >= 0.3 is 5.97 Å². The van der Waals surface area contributed by atoms with Gasteiger partial charge in [0.1, 0.15) is 23.1 Å². The van der Waals surface area contributed by atoms with Crippen molar-refractivity contribution in [3.63, 3.8) is 0 Å². The van der Waals surface area contributed by atoms with Crippen molar-refractivity contribution in [2.75, 3.05) is 36.0 Å². The summed E-state index contributed by atoms with van der Waals surface area (Å²) in [5.41, 5.74) is 3.08. The molecule has 3 aliphatic heterocycles. The normalized spacial score (nSPS) is 23.5. The Morgan fingerprint density at radius 3 is 1.85 bits per heavy atom. The number of aliphatic carboxylic acids is 1. The first-order valence-corrected chi connectivity index (χ1v) is 17.9. The Kier molecular flexibility index (Phi) is 11.2. The lowest BCUT2D eigenvalue weighted by molar-refractivity contribution is -0.139. The topological polar surface area (TPSA) is 128 Å². The molecule has 258 valence electrons. The van der Waals surface area contributed by atoms with Gasteiger partial charge in [0.15, 0.2) is 11.2 Å². The molecule has 1 amide bonds. The molecule has 4 aromatic rings. The average Bonchev–Trinajstić information content (AvgIpc) is 3.74. The van der Waals surface area contributed by atoms with Crippen LogP contribution in [-0.4, -0.2) is 82.2 Å². The Morgan fingerprint density at radius 2 is 1.29 bits per heavy atom. The highest BCUT2D eigenvalue weighted by Gasteiger charge is 2.33. The number of amides is 1. The first-order valence-electron chi connectivity index (χ1n) is 17.9. The molecule has 3 fully saturated rings. The first-order chi connectivity index (χ1) is 23.4. The summed E-state index contributed by atoms with van der Waals surface area (Å²) in [4.78, 5) is 39.6. The van der Waals surface area contributed by atoms with Crippen molar-refractivity contribution in [1.29, 1.82) is 0 Å². The number of carbonyl (C=O) groups is 2. The van der Waals surface area contributed by atoms with E-state index in [9.17, 15) is 14.7 Å². The molecule has 7 rings (SSSR count). The fourth-order valence-corrected chi connectivity index (χ4v) is 7.48. The second-order valence-corrected chi connectivity index (χ2v) is 13.5. The summed E-state index contributed by atoms with van der Waals surface area (Å²) in [6.45, 7) is 8.08. The van der Waals surface area contributed by atoms with Gasteiger partial charge in [-0.05, 0) is 109 Å². The Balaban J connectivity index is 0.000000189. The number of aromatic nitrogens is 2. The minimum atomic E-state index is -0.808. The molecule has 4 atom stereocenters. The minimum Gasteiger partial charge on any atom is -0.480 e. The van der Waals surface area contributed by atoms with Crippen LogP contribution in [0.15, 0.2) is 57.4 Å². The maximum atomic E-state index is 12.9. The van der Waals surface area contributed by atoms with Crippen LogP contribution in [0, 0.1) is 0 Å². The van der Waals surface area contributed by atoms with Crippen molar-refractivity contribution < 1.29 is 23.5 Å². The van der Waals surface area contributed by atoms with E-state index in [1.165, 1.54) is 19.3 Å². The lowest BCUT2D eigenvalue weighted by Gasteiger charge is -2.39. The first kappa shape index (κ1) is 33.8. The van der Waals surface area contributed by atoms with E-state index in [1.807, 2.05) is 48.5 Å². The quantitative estimate of drug-likeness (QED) is 0.190. The number of piperidine rings is 3. The fraction of sp³-hybridized carbons (Fsp3) is 0.568. The minimum absolute atomic E-state index is 0.108. The third kappa shape index (κ3) is 7.94. The summed E-state index contributed by atoms with van der Waals surface area (Å²) in [5.74, 6) is -0.700. The van der Waals surface area contributed by atoms with Gasteiger partial charge in [-0.15, -0.1) is 0 Å². The van der Waals surface area contributed by atoms with Crippen molar-refractivity contribution in [3.8, 4) is 0 Å². The number of nitrogens with one attached hydrogen (secondary N) is 1. The van der Waals surface area contributed by atoms with Gasteiger partial charge in [0, 0.05) is 31.7 Å². The van der Waals surface area contributed by atoms with Gasteiger partial charge in [-0.2, -0.15) is 9.97 Å². The number of carboxylic acid groups (broad SMARTS) is 1. The second kappa shape index (κ2) is 15.9. The molecule has 11 heteroatoms. The predicted octanol–water partition coefficient (Wildman–Crippen LogP) is 6.62. The summed E-state index contributed by atoms with van der Waals surface area (Å²) in [5, 5.41) is 12.4. The number of nitrogens with zero attached hydrogens (tertiary/aromatic N) is 5. The fourth-order valence-electron chi connectivity index (χ4n) is 7.48. The summed E-state index contributed by atoms with van der Waals surface area (Å²) in [6.07, 6.45) is 11.7. The zero-order valence-corrected chi connectivity index (χ0v) is 28.4. The monoisotopic (exact) mass is 658 g/mol. The van der Waals surface area contributed by atoms with Crippen LogP contribution in [0.3, 0.4) is 0 Å². The van der Waals surface area contributed by atoms with E-state index in [-0.39, 0.29) is 11.9 Å². The van der Waals surface area contributed by atoms with Crippen LogP contribution in [0.4, 0.5) is 12.0 Å². The number of hydrogen-bond donors (Lipinski definition) is 2. The third-order valence-electron chi connectivity index (χ3n) is 10.2. The molecule has 0 radical (unpaired) electrons. The molecule has 2 aromatic heterocycles. The maximum absolute atomic E-state index is 12.9. The van der Waals surface area contributed by atoms with Crippen molar-refractivity contribution in [3.05, 3.63) is 48.5 Å². The molecular weight excluding hydrogens is 608 g/mol. The van der Waals surface area contributed by atoms with Gasteiger partial charge in [-0.1, -0.05) is 30.7 Å². The highest BCUT2D eigenvalue weighted by Crippen LogP contribution is 2.29. The van der Waals surface area contributed by atoms with Crippen LogP contribution >= 0.6 is 0 Å². The molecule has 3 saturated heterocycles. The molecular formula is C37H50N6O5. The number of benzene rings is 2. The molecule has 11 nitrogen and oxygen atoms in total. The smallest absolute Gasteiger partial charge is 0.326 e. The number of carboxylic acids is 1. The Hall–Kier alpha value is -4.12. The molecule has 0 spiro atoms. The van der Waals surface area contributed by atoms with Gasteiger partial charge in [0.05, 0.1) is 0 Å². The van der Waals surface area contributed by atoms with Crippen molar-refractivity contribution >= 4 is 46.1 Å². The molecule has 2 N–H and O–H groups in total. The van der Waals surface area contributed by atoms with Gasteiger partial charge in [-0.25, -0.2) is 4.79 Å². The van der Waals surface area contributed by atoms with Gasteiger partial charge in [-0.3, -0.25) is 9.69 Å².